The smallest absolute Gasteiger partial charge is 0.407 e. The van der Waals surface area contributed by atoms with Crippen LogP contribution >= 0.6 is 11.3 Å². The van der Waals surface area contributed by atoms with Gasteiger partial charge in [0.05, 0.1) is 34.6 Å². The van der Waals surface area contributed by atoms with Crippen LogP contribution in [-0.2, 0) is 11.3 Å². The predicted molar refractivity (Wildman–Crippen MR) is 153 cm³/mol. The maximum atomic E-state index is 11.7. The lowest BCUT2D eigenvalue weighted by Crippen LogP contribution is -2.29. The van der Waals surface area contributed by atoms with Crippen molar-refractivity contribution in [2.45, 2.75) is 32.0 Å². The summed E-state index contributed by atoms with van der Waals surface area (Å²) in [6.45, 7) is 3.72. The van der Waals surface area contributed by atoms with E-state index in [0.29, 0.717) is 19.5 Å². The molecule has 39 heavy (non-hydrogen) atoms. The number of nitrogens with one attached hydrogen (secondary N) is 3. The largest absolute Gasteiger partial charge is 0.445 e. The van der Waals surface area contributed by atoms with Gasteiger partial charge in [-0.1, -0.05) is 42.2 Å². The number of thiophene rings is 1. The first-order valence-electron chi connectivity index (χ1n) is 12.8. The van der Waals surface area contributed by atoms with E-state index in [1.54, 1.807) is 6.33 Å². The number of carbonyl (C=O) groups excluding carboxylic acids is 1. The first-order valence-corrected chi connectivity index (χ1v) is 13.7. The Kier molecular flexibility index (Phi) is 7.08. The van der Waals surface area contributed by atoms with Crippen LogP contribution in [0.5, 0.6) is 0 Å². The van der Waals surface area contributed by atoms with E-state index >= 15 is 0 Å². The Morgan fingerprint density at radius 2 is 2.10 bits per heavy atom. The normalized spacial score (nSPS) is 16.6. The van der Waals surface area contributed by atoms with Crippen LogP contribution in [0, 0.1) is 11.8 Å². The van der Waals surface area contributed by atoms with Gasteiger partial charge in [0.2, 0.25) is 0 Å². The molecule has 2 atom stereocenters. The Balaban J connectivity index is 1.16. The molecule has 1 saturated heterocycles. The van der Waals surface area contributed by atoms with E-state index in [2.05, 4.69) is 67.1 Å². The van der Waals surface area contributed by atoms with E-state index in [1.165, 1.54) is 16.9 Å². The van der Waals surface area contributed by atoms with Crippen molar-refractivity contribution >= 4 is 50.1 Å². The van der Waals surface area contributed by atoms with Crippen LogP contribution in [0.1, 0.15) is 23.8 Å². The van der Waals surface area contributed by atoms with Crippen LogP contribution in [0.3, 0.4) is 0 Å². The lowest BCUT2D eigenvalue weighted by Gasteiger charge is -2.10. The Morgan fingerprint density at radius 1 is 1.21 bits per heavy atom. The third-order valence-corrected chi connectivity index (χ3v) is 7.42. The second kappa shape index (κ2) is 11.1. The van der Waals surface area contributed by atoms with Crippen molar-refractivity contribution in [3.8, 4) is 11.8 Å². The van der Waals surface area contributed by atoms with Crippen molar-refractivity contribution in [2.24, 2.45) is 0 Å². The van der Waals surface area contributed by atoms with E-state index in [1.807, 2.05) is 48.1 Å². The highest BCUT2D eigenvalue weighted by Crippen LogP contribution is 2.30. The van der Waals surface area contributed by atoms with Crippen molar-refractivity contribution < 1.29 is 9.53 Å². The quantitative estimate of drug-likeness (QED) is 0.271. The highest BCUT2D eigenvalue weighted by molar-refractivity contribution is 7.19. The molecule has 0 bridgehead atoms. The van der Waals surface area contributed by atoms with Crippen LogP contribution < -0.4 is 16.0 Å². The molecule has 0 aliphatic carbocycles. The second-order valence-electron chi connectivity index (χ2n) is 9.26. The van der Waals surface area contributed by atoms with Gasteiger partial charge in [-0.25, -0.2) is 14.8 Å². The summed E-state index contributed by atoms with van der Waals surface area (Å²) >= 11 is 1.53. The van der Waals surface area contributed by atoms with Gasteiger partial charge in [0.25, 0.3) is 0 Å². The van der Waals surface area contributed by atoms with E-state index in [-0.39, 0.29) is 18.2 Å². The number of fused-ring (bicyclic) bond motifs is 2. The van der Waals surface area contributed by atoms with Crippen molar-refractivity contribution in [1.29, 1.82) is 0 Å². The highest BCUT2D eigenvalue weighted by Gasteiger charge is 2.25. The molecule has 3 N–H and O–H groups in total. The molecule has 196 valence electrons. The highest BCUT2D eigenvalue weighted by atomic mass is 32.1. The summed E-state index contributed by atoms with van der Waals surface area (Å²) in [6, 6.07) is 18.5. The van der Waals surface area contributed by atoms with Gasteiger partial charge in [-0.3, -0.25) is 10.00 Å². The number of anilines is 2. The third kappa shape index (κ3) is 5.70. The zero-order valence-corrected chi connectivity index (χ0v) is 22.2. The van der Waals surface area contributed by atoms with Crippen LogP contribution in [0.2, 0.25) is 0 Å². The predicted octanol–water partition coefficient (Wildman–Crippen LogP) is 4.66. The summed E-state index contributed by atoms with van der Waals surface area (Å²) in [7, 11) is 0. The molecular weight excluding hydrogens is 510 g/mol. The van der Waals surface area contributed by atoms with Gasteiger partial charge in [0.15, 0.2) is 0 Å². The topological polar surface area (TPSA) is 106 Å². The molecule has 1 aliphatic rings. The van der Waals surface area contributed by atoms with Crippen LogP contribution in [0.15, 0.2) is 67.1 Å². The molecule has 2 unspecified atom stereocenters. The lowest BCUT2D eigenvalue weighted by atomic mass is 10.2. The first kappa shape index (κ1) is 24.9. The van der Waals surface area contributed by atoms with Crippen LogP contribution in [-0.4, -0.2) is 51.1 Å². The molecule has 0 radical (unpaired) electrons. The number of rotatable bonds is 6. The molecule has 6 rings (SSSR count). The molecule has 1 amide bonds. The molecule has 5 aromatic rings. The Morgan fingerprint density at radius 3 is 2.97 bits per heavy atom. The van der Waals surface area contributed by atoms with Crippen LogP contribution in [0.4, 0.5) is 16.3 Å². The maximum Gasteiger partial charge on any atom is 0.407 e. The molecule has 2 aromatic carbocycles. The Labute approximate surface area is 229 Å². The summed E-state index contributed by atoms with van der Waals surface area (Å²) in [4.78, 5) is 22.4. The average Bonchev–Trinajstić information content (AvgIpc) is 3.67. The summed E-state index contributed by atoms with van der Waals surface area (Å²) in [5.41, 5.74) is 3.21. The molecule has 4 heterocycles. The van der Waals surface area contributed by atoms with Gasteiger partial charge < -0.3 is 15.4 Å². The fraction of sp³-hybridized carbons (Fsp3) is 0.241. The first-order chi connectivity index (χ1) is 19.1. The molecule has 10 heteroatoms. The fourth-order valence-corrected chi connectivity index (χ4v) is 5.46. The van der Waals surface area contributed by atoms with E-state index < -0.39 is 0 Å². The molecule has 3 aromatic heterocycles. The van der Waals surface area contributed by atoms with Gasteiger partial charge in [0.1, 0.15) is 23.1 Å². The van der Waals surface area contributed by atoms with E-state index in [4.69, 9.17) is 4.74 Å². The zero-order chi connectivity index (χ0) is 26.6. The molecule has 1 aliphatic heterocycles. The van der Waals surface area contributed by atoms with Gasteiger partial charge in [0, 0.05) is 30.6 Å². The molecule has 1 fully saturated rings. The zero-order valence-electron chi connectivity index (χ0n) is 21.3. The van der Waals surface area contributed by atoms with E-state index in [9.17, 15) is 4.79 Å². The molecule has 0 saturated carbocycles. The Hall–Kier alpha value is -4.46. The maximum absolute atomic E-state index is 11.7. The number of alkyl carbamates (subject to hydrolysis) is 1. The standard InChI is InChI=1S/C29H27N7O2S/c1-2-30-29(37)38-23-13-21(31-16-23)8-10-24-14-25-27(32-18-33-28(25)39-24)35-22-9-11-26-20(12-22)15-34-36(26)17-19-6-4-3-5-7-19/h3-7,9,11-12,14-15,18,21,23,31H,2,13,16-17H2,1H3,(H,30,37)(H,32,33,35). The number of hydrogen-bond donors (Lipinski definition) is 3. The van der Waals surface area contributed by atoms with Crippen molar-refractivity contribution in [2.75, 3.05) is 18.4 Å². The molecular formula is C29H27N7O2S. The van der Waals surface area contributed by atoms with Gasteiger partial charge >= 0.3 is 6.09 Å². The Bertz CT molecular complexity index is 1690. The third-order valence-electron chi connectivity index (χ3n) is 6.46. The average molecular weight is 538 g/mol. The molecule has 0 spiro atoms. The van der Waals surface area contributed by atoms with Crippen molar-refractivity contribution in [3.63, 3.8) is 0 Å². The van der Waals surface area contributed by atoms with Gasteiger partial charge in [-0.15, -0.1) is 11.3 Å². The summed E-state index contributed by atoms with van der Waals surface area (Å²) in [5.74, 6) is 7.25. The summed E-state index contributed by atoms with van der Waals surface area (Å²) in [5, 5.41) is 16.0. The van der Waals surface area contributed by atoms with Gasteiger partial charge in [-0.05, 0) is 36.8 Å². The van der Waals surface area contributed by atoms with Crippen LogP contribution in [0.25, 0.3) is 21.1 Å². The monoisotopic (exact) mass is 537 g/mol. The minimum atomic E-state index is -0.388. The fourth-order valence-electron chi connectivity index (χ4n) is 4.60. The minimum Gasteiger partial charge on any atom is -0.445 e. The molecule has 9 nitrogen and oxygen atoms in total. The number of carbonyl (C=O) groups is 1. The number of aromatic nitrogens is 4. The van der Waals surface area contributed by atoms with Gasteiger partial charge in [-0.2, -0.15) is 5.10 Å². The number of ether oxygens (including phenoxy) is 1. The summed E-state index contributed by atoms with van der Waals surface area (Å²) in [6.07, 6.45) is 3.55. The van der Waals surface area contributed by atoms with Crippen molar-refractivity contribution in [3.05, 3.63) is 77.6 Å². The number of nitrogens with zero attached hydrogens (tertiary/aromatic N) is 4. The summed E-state index contributed by atoms with van der Waals surface area (Å²) < 4.78 is 7.41. The second-order valence-corrected chi connectivity index (χ2v) is 10.3. The number of amides is 1. The van der Waals surface area contributed by atoms with E-state index in [0.717, 1.165) is 44.0 Å². The minimum absolute atomic E-state index is 0.0344. The lowest BCUT2D eigenvalue weighted by molar-refractivity contribution is 0.107. The van der Waals surface area contributed by atoms with Crippen molar-refractivity contribution in [1.82, 2.24) is 30.4 Å². The number of benzene rings is 2. The SMILES string of the molecule is CCNC(=O)OC1CNC(C#Cc2cc3c(Nc4ccc5c(cnn5Cc5ccccc5)c4)ncnc3s2)C1. The number of hydrogen-bond acceptors (Lipinski definition) is 8.